The second kappa shape index (κ2) is 5.71. The van der Waals surface area contributed by atoms with Crippen LogP contribution in [0.3, 0.4) is 0 Å². The Kier molecular flexibility index (Phi) is 4.18. The lowest BCUT2D eigenvalue weighted by molar-refractivity contribution is 0.0500. The summed E-state index contributed by atoms with van der Waals surface area (Å²) in [6, 6.07) is 7.05. The monoisotopic (exact) mass is 278 g/mol. The van der Waals surface area contributed by atoms with Crippen LogP contribution < -0.4 is 10.6 Å². The van der Waals surface area contributed by atoms with Gasteiger partial charge >= 0.3 is 6.09 Å². The Labute approximate surface area is 119 Å². The first-order valence-electron chi connectivity index (χ1n) is 6.87. The first-order chi connectivity index (χ1) is 9.35. The number of carbonyl (C=O) groups is 1. The number of amides is 1. The summed E-state index contributed by atoms with van der Waals surface area (Å²) in [5, 5.41) is 15.8. The van der Waals surface area contributed by atoms with Crippen molar-refractivity contribution in [1.29, 1.82) is 0 Å². The van der Waals surface area contributed by atoms with Gasteiger partial charge in [0.05, 0.1) is 12.1 Å². The first kappa shape index (κ1) is 14.7. The van der Waals surface area contributed by atoms with Crippen molar-refractivity contribution in [2.75, 3.05) is 6.54 Å². The van der Waals surface area contributed by atoms with Crippen LogP contribution in [0.15, 0.2) is 24.3 Å². The number of rotatable bonds is 2. The van der Waals surface area contributed by atoms with Crippen LogP contribution in [0.4, 0.5) is 4.79 Å². The highest BCUT2D eigenvalue weighted by molar-refractivity contribution is 5.68. The smallest absolute Gasteiger partial charge is 0.407 e. The zero-order valence-corrected chi connectivity index (χ0v) is 12.1. The molecule has 1 aliphatic rings. The molecule has 1 aromatic rings. The van der Waals surface area contributed by atoms with Gasteiger partial charge in [0.25, 0.3) is 0 Å². The van der Waals surface area contributed by atoms with E-state index in [2.05, 4.69) is 10.6 Å². The van der Waals surface area contributed by atoms with Crippen LogP contribution in [-0.4, -0.2) is 29.4 Å². The average molecular weight is 278 g/mol. The fraction of sp³-hybridized carbons (Fsp3) is 0.533. The second-order valence-corrected chi connectivity index (χ2v) is 6.07. The molecular formula is C15H22N2O3. The fourth-order valence-corrected chi connectivity index (χ4v) is 2.39. The van der Waals surface area contributed by atoms with Crippen molar-refractivity contribution in [2.45, 2.75) is 44.9 Å². The van der Waals surface area contributed by atoms with E-state index in [0.717, 1.165) is 18.5 Å². The van der Waals surface area contributed by atoms with Gasteiger partial charge in [0.15, 0.2) is 0 Å². The number of phenols is 1. The number of hydrogen-bond acceptors (Lipinski definition) is 4. The van der Waals surface area contributed by atoms with Gasteiger partial charge in [0.1, 0.15) is 11.4 Å². The number of carbonyl (C=O) groups excluding carboxylic acids is 1. The number of ether oxygens (including phenoxy) is 1. The Morgan fingerprint density at radius 2 is 2.20 bits per heavy atom. The lowest BCUT2D eigenvalue weighted by Crippen LogP contribution is -2.41. The summed E-state index contributed by atoms with van der Waals surface area (Å²) in [6.07, 6.45) is 0.427. The molecule has 5 heteroatoms. The van der Waals surface area contributed by atoms with Crippen molar-refractivity contribution in [2.24, 2.45) is 0 Å². The van der Waals surface area contributed by atoms with E-state index in [1.54, 1.807) is 18.2 Å². The molecule has 2 atom stereocenters. The lowest BCUT2D eigenvalue weighted by Gasteiger charge is -2.24. The average Bonchev–Trinajstić information content (AvgIpc) is 2.74. The Morgan fingerprint density at radius 3 is 2.85 bits per heavy atom. The van der Waals surface area contributed by atoms with Gasteiger partial charge in [-0.25, -0.2) is 4.79 Å². The third-order valence-corrected chi connectivity index (χ3v) is 3.15. The summed E-state index contributed by atoms with van der Waals surface area (Å²) in [5.74, 6) is 0.229. The summed E-state index contributed by atoms with van der Waals surface area (Å²) in [4.78, 5) is 11.8. The van der Waals surface area contributed by atoms with Crippen molar-refractivity contribution in [3.05, 3.63) is 29.8 Å². The summed E-state index contributed by atoms with van der Waals surface area (Å²) in [7, 11) is 0. The van der Waals surface area contributed by atoms with Crippen LogP contribution in [0.25, 0.3) is 0 Å². The maximum absolute atomic E-state index is 11.8. The lowest BCUT2D eigenvalue weighted by atomic mass is 10.0. The third kappa shape index (κ3) is 3.87. The molecule has 20 heavy (non-hydrogen) atoms. The molecule has 1 heterocycles. The van der Waals surface area contributed by atoms with Gasteiger partial charge in [-0.2, -0.15) is 0 Å². The van der Waals surface area contributed by atoms with Crippen molar-refractivity contribution in [3.63, 3.8) is 0 Å². The van der Waals surface area contributed by atoms with Crippen LogP contribution in [-0.2, 0) is 4.74 Å². The second-order valence-electron chi connectivity index (χ2n) is 6.07. The highest BCUT2D eigenvalue weighted by atomic mass is 16.6. The molecule has 1 aromatic carbocycles. The highest BCUT2D eigenvalue weighted by Gasteiger charge is 2.31. The zero-order chi connectivity index (χ0) is 14.8. The third-order valence-electron chi connectivity index (χ3n) is 3.15. The number of hydrogen-bond donors (Lipinski definition) is 3. The van der Waals surface area contributed by atoms with E-state index >= 15 is 0 Å². The maximum Gasteiger partial charge on any atom is 0.407 e. The molecule has 3 N–H and O–H groups in total. The Bertz CT molecular complexity index is 482. The van der Waals surface area contributed by atoms with Gasteiger partial charge in [-0.3, -0.25) is 0 Å². The number of phenolic OH excluding ortho intramolecular Hbond substituents is 1. The van der Waals surface area contributed by atoms with Gasteiger partial charge in [0, 0.05) is 0 Å². The van der Waals surface area contributed by atoms with E-state index < -0.39 is 11.7 Å². The van der Waals surface area contributed by atoms with E-state index in [1.165, 1.54) is 0 Å². The molecule has 1 aliphatic heterocycles. The van der Waals surface area contributed by atoms with Gasteiger partial charge in [-0.15, -0.1) is 0 Å². The molecular weight excluding hydrogens is 256 g/mol. The fourth-order valence-electron chi connectivity index (χ4n) is 2.39. The van der Waals surface area contributed by atoms with Gasteiger partial charge in [0.2, 0.25) is 0 Å². The number of aromatic hydroxyl groups is 1. The molecule has 1 amide bonds. The summed E-state index contributed by atoms with van der Waals surface area (Å²) < 4.78 is 5.28. The highest BCUT2D eigenvalue weighted by Crippen LogP contribution is 2.26. The summed E-state index contributed by atoms with van der Waals surface area (Å²) in [6.45, 7) is 6.34. The van der Waals surface area contributed by atoms with Crippen LogP contribution in [0.5, 0.6) is 5.75 Å². The molecule has 0 radical (unpaired) electrons. The van der Waals surface area contributed by atoms with E-state index in [-0.39, 0.29) is 17.8 Å². The number of benzene rings is 1. The molecule has 0 spiro atoms. The van der Waals surface area contributed by atoms with Crippen molar-refractivity contribution < 1.29 is 14.6 Å². The largest absolute Gasteiger partial charge is 0.508 e. The van der Waals surface area contributed by atoms with E-state index in [0.29, 0.717) is 0 Å². The molecule has 0 aliphatic carbocycles. The maximum atomic E-state index is 11.8. The van der Waals surface area contributed by atoms with Gasteiger partial charge < -0.3 is 20.5 Å². The molecule has 1 saturated heterocycles. The Morgan fingerprint density at radius 1 is 1.45 bits per heavy atom. The Balaban J connectivity index is 2.03. The number of nitrogens with one attached hydrogen (secondary N) is 2. The van der Waals surface area contributed by atoms with Crippen molar-refractivity contribution in [1.82, 2.24) is 10.6 Å². The molecule has 2 unspecified atom stereocenters. The first-order valence-corrected chi connectivity index (χ1v) is 6.87. The van der Waals surface area contributed by atoms with Crippen LogP contribution in [0, 0.1) is 0 Å². The molecule has 110 valence electrons. The molecule has 1 fully saturated rings. The minimum Gasteiger partial charge on any atom is -0.508 e. The summed E-state index contributed by atoms with van der Waals surface area (Å²) in [5.41, 5.74) is 0.458. The quantitative estimate of drug-likeness (QED) is 0.776. The van der Waals surface area contributed by atoms with Gasteiger partial charge in [-0.1, -0.05) is 12.1 Å². The van der Waals surface area contributed by atoms with E-state index in [9.17, 15) is 9.90 Å². The van der Waals surface area contributed by atoms with Gasteiger partial charge in [-0.05, 0) is 51.4 Å². The Hall–Kier alpha value is -1.75. The van der Waals surface area contributed by atoms with E-state index in [1.807, 2.05) is 26.8 Å². The molecule has 0 saturated carbocycles. The van der Waals surface area contributed by atoms with Crippen LogP contribution in [0.2, 0.25) is 0 Å². The molecule has 5 nitrogen and oxygen atoms in total. The predicted molar refractivity (Wildman–Crippen MR) is 76.6 cm³/mol. The minimum atomic E-state index is -0.503. The van der Waals surface area contributed by atoms with E-state index in [4.69, 9.17) is 4.74 Å². The topological polar surface area (TPSA) is 70.6 Å². The molecule has 0 bridgehead atoms. The molecule has 0 aromatic heterocycles. The zero-order valence-electron chi connectivity index (χ0n) is 12.1. The van der Waals surface area contributed by atoms with Crippen LogP contribution in [0.1, 0.15) is 38.8 Å². The predicted octanol–water partition coefficient (Wildman–Crippen LogP) is 2.32. The number of alkyl carbamates (subject to hydrolysis) is 1. The summed E-state index contributed by atoms with van der Waals surface area (Å²) >= 11 is 0. The van der Waals surface area contributed by atoms with Crippen molar-refractivity contribution in [3.8, 4) is 5.75 Å². The SMILES string of the molecule is CC(C)(C)OC(=O)NC1CCNC1c1cccc(O)c1. The normalized spacial score (nSPS) is 22.6. The minimum absolute atomic E-state index is 0.00498. The van der Waals surface area contributed by atoms with Crippen molar-refractivity contribution >= 4 is 6.09 Å². The molecule has 2 rings (SSSR count). The standard InChI is InChI=1S/C15H22N2O3/c1-15(2,3)20-14(19)17-12-7-8-16-13(12)10-5-4-6-11(18)9-10/h4-6,9,12-13,16,18H,7-8H2,1-3H3,(H,17,19). The van der Waals surface area contributed by atoms with Crippen LogP contribution >= 0.6 is 0 Å².